The molecule has 3 unspecified atom stereocenters. The van der Waals surface area contributed by atoms with Gasteiger partial charge in [-0.1, -0.05) is 32.0 Å². The molecule has 2 aliphatic rings. The molecule has 32 heavy (non-hydrogen) atoms. The Kier molecular flexibility index (Phi) is 5.46. The first-order chi connectivity index (χ1) is 15.2. The van der Waals surface area contributed by atoms with Crippen LogP contribution in [0.4, 0.5) is 17.5 Å². The molecule has 9 heteroatoms. The largest absolute Gasteiger partial charge is 0.369 e. The van der Waals surface area contributed by atoms with Gasteiger partial charge < -0.3 is 21.3 Å². The molecule has 3 atom stereocenters. The lowest BCUT2D eigenvalue weighted by Gasteiger charge is -2.50. The molecule has 2 amide bonds. The Bertz CT molecular complexity index is 1110. The first-order valence-electron chi connectivity index (χ1n) is 10.7. The standard InChI is InChI=1S/C23H27N7O2/c1-23(2)16(19(25)31)10-18(23)28-20-13(11-24)12-27-22(29-20)26-9-8-15-14-6-4-5-7-17(14)30(3)21(15)32/h4-7,12,15-16,18H,8-10H2,1-3H3,(H2,25,31)(H2,26,27,28,29). The van der Waals surface area contributed by atoms with E-state index >= 15 is 0 Å². The number of nitrogens with zero attached hydrogens (tertiary/aromatic N) is 4. The summed E-state index contributed by atoms with van der Waals surface area (Å²) in [4.78, 5) is 34.6. The average molecular weight is 434 g/mol. The molecule has 0 radical (unpaired) electrons. The average Bonchev–Trinajstić information content (AvgIpc) is 3.01. The molecule has 0 bridgehead atoms. The molecule has 1 aliphatic carbocycles. The second-order valence-corrected chi connectivity index (χ2v) is 9.00. The predicted octanol–water partition coefficient (Wildman–Crippen LogP) is 2.22. The first-order valence-corrected chi connectivity index (χ1v) is 10.7. The summed E-state index contributed by atoms with van der Waals surface area (Å²) in [6, 6.07) is 9.88. The van der Waals surface area contributed by atoms with Crippen molar-refractivity contribution in [3.63, 3.8) is 0 Å². The van der Waals surface area contributed by atoms with Gasteiger partial charge in [-0.05, 0) is 29.9 Å². The van der Waals surface area contributed by atoms with E-state index in [1.165, 1.54) is 6.20 Å². The highest BCUT2D eigenvalue weighted by atomic mass is 16.2. The van der Waals surface area contributed by atoms with Crippen molar-refractivity contribution in [2.24, 2.45) is 17.1 Å². The Balaban J connectivity index is 1.42. The minimum Gasteiger partial charge on any atom is -0.369 e. The van der Waals surface area contributed by atoms with Gasteiger partial charge in [0.15, 0.2) is 0 Å². The number of hydrogen-bond acceptors (Lipinski definition) is 7. The van der Waals surface area contributed by atoms with Crippen LogP contribution in [0.3, 0.4) is 0 Å². The molecular formula is C23H27N7O2. The third-order valence-corrected chi connectivity index (χ3v) is 6.85. The number of rotatable bonds is 7. The minimum absolute atomic E-state index is 0.0296. The monoisotopic (exact) mass is 433 g/mol. The summed E-state index contributed by atoms with van der Waals surface area (Å²) in [7, 11) is 1.79. The molecule has 2 heterocycles. The zero-order valence-electron chi connectivity index (χ0n) is 18.4. The summed E-state index contributed by atoms with van der Waals surface area (Å²) in [5, 5.41) is 15.9. The fourth-order valence-corrected chi connectivity index (χ4v) is 4.66. The second-order valence-electron chi connectivity index (χ2n) is 9.00. The maximum Gasteiger partial charge on any atom is 0.234 e. The van der Waals surface area contributed by atoms with Crippen LogP contribution >= 0.6 is 0 Å². The first kappa shape index (κ1) is 21.6. The molecule has 9 nitrogen and oxygen atoms in total. The number of nitriles is 1. The van der Waals surface area contributed by atoms with Gasteiger partial charge in [0.2, 0.25) is 17.8 Å². The lowest BCUT2D eigenvalue weighted by atomic mass is 9.58. The molecule has 1 aliphatic heterocycles. The van der Waals surface area contributed by atoms with E-state index in [4.69, 9.17) is 5.73 Å². The van der Waals surface area contributed by atoms with Crippen LogP contribution in [0.1, 0.15) is 43.7 Å². The van der Waals surface area contributed by atoms with Crippen LogP contribution in [0.25, 0.3) is 0 Å². The van der Waals surface area contributed by atoms with Crippen LogP contribution in [-0.2, 0) is 9.59 Å². The topological polar surface area (TPSA) is 137 Å². The van der Waals surface area contributed by atoms with Crippen molar-refractivity contribution in [2.45, 2.75) is 38.6 Å². The van der Waals surface area contributed by atoms with E-state index < -0.39 is 0 Å². The second kappa shape index (κ2) is 8.11. The summed E-state index contributed by atoms with van der Waals surface area (Å²) in [6.07, 6.45) is 2.66. The molecule has 0 spiro atoms. The van der Waals surface area contributed by atoms with Crippen LogP contribution < -0.4 is 21.3 Å². The molecule has 1 saturated carbocycles. The number of carbonyl (C=O) groups excluding carboxylic acids is 2. The zero-order chi connectivity index (χ0) is 23.0. The number of likely N-dealkylation sites (N-methyl/N-ethyl adjacent to an activating group) is 1. The van der Waals surface area contributed by atoms with Gasteiger partial charge in [-0.15, -0.1) is 0 Å². The lowest BCUT2D eigenvalue weighted by Crippen LogP contribution is -2.58. The van der Waals surface area contributed by atoms with Crippen LogP contribution in [0, 0.1) is 22.7 Å². The van der Waals surface area contributed by atoms with Gasteiger partial charge in [0, 0.05) is 31.2 Å². The molecule has 1 aromatic carbocycles. The van der Waals surface area contributed by atoms with Gasteiger partial charge in [-0.3, -0.25) is 9.59 Å². The molecule has 166 valence electrons. The molecular weight excluding hydrogens is 406 g/mol. The molecule has 4 N–H and O–H groups in total. The van der Waals surface area contributed by atoms with E-state index in [0.29, 0.717) is 36.7 Å². The summed E-state index contributed by atoms with van der Waals surface area (Å²) < 4.78 is 0. The number of carbonyl (C=O) groups is 2. The quantitative estimate of drug-likeness (QED) is 0.609. The Hall–Kier alpha value is -3.67. The number of nitrogens with one attached hydrogen (secondary N) is 2. The molecule has 2 aromatic rings. The predicted molar refractivity (Wildman–Crippen MR) is 121 cm³/mol. The summed E-state index contributed by atoms with van der Waals surface area (Å²) in [5.74, 6) is 0.144. The van der Waals surface area contributed by atoms with Gasteiger partial charge in [0.25, 0.3) is 0 Å². The maximum atomic E-state index is 12.6. The molecule has 1 fully saturated rings. The zero-order valence-corrected chi connectivity index (χ0v) is 18.4. The van der Waals surface area contributed by atoms with Crippen molar-refractivity contribution in [1.82, 2.24) is 9.97 Å². The number of aromatic nitrogens is 2. The van der Waals surface area contributed by atoms with E-state index in [1.807, 2.05) is 38.1 Å². The summed E-state index contributed by atoms with van der Waals surface area (Å²) in [5.41, 5.74) is 7.45. The summed E-state index contributed by atoms with van der Waals surface area (Å²) >= 11 is 0. The van der Waals surface area contributed by atoms with Gasteiger partial charge in [-0.25, -0.2) is 4.98 Å². The Morgan fingerprint density at radius 2 is 2.12 bits per heavy atom. The highest BCUT2D eigenvalue weighted by Gasteiger charge is 2.51. The minimum atomic E-state index is -0.334. The van der Waals surface area contributed by atoms with Gasteiger partial charge >= 0.3 is 0 Å². The normalized spacial score (nSPS) is 23.1. The number of para-hydroxylation sites is 1. The van der Waals surface area contributed by atoms with Crippen LogP contribution in [0.5, 0.6) is 0 Å². The molecule has 1 aromatic heterocycles. The van der Waals surface area contributed by atoms with E-state index in [9.17, 15) is 14.9 Å². The lowest BCUT2D eigenvalue weighted by molar-refractivity contribution is -0.131. The Morgan fingerprint density at radius 3 is 2.81 bits per heavy atom. The van der Waals surface area contributed by atoms with Gasteiger partial charge in [-0.2, -0.15) is 10.2 Å². The number of anilines is 3. The highest BCUT2D eigenvalue weighted by molar-refractivity contribution is 6.04. The van der Waals surface area contributed by atoms with Crippen molar-refractivity contribution < 1.29 is 9.59 Å². The molecule has 0 saturated heterocycles. The van der Waals surface area contributed by atoms with Crippen molar-refractivity contribution >= 4 is 29.3 Å². The number of primary amides is 1. The molecule has 4 rings (SSSR count). The summed E-state index contributed by atoms with van der Waals surface area (Å²) in [6.45, 7) is 4.45. The van der Waals surface area contributed by atoms with E-state index in [-0.39, 0.29) is 35.1 Å². The fourth-order valence-electron chi connectivity index (χ4n) is 4.66. The van der Waals surface area contributed by atoms with E-state index in [1.54, 1.807) is 11.9 Å². The number of nitrogens with two attached hydrogens (primary N) is 1. The smallest absolute Gasteiger partial charge is 0.234 e. The number of amides is 2. The third kappa shape index (κ3) is 3.62. The van der Waals surface area contributed by atoms with Crippen LogP contribution in [-0.4, -0.2) is 41.4 Å². The van der Waals surface area contributed by atoms with Crippen molar-refractivity contribution in [1.29, 1.82) is 5.26 Å². The number of hydrogen-bond donors (Lipinski definition) is 3. The SMILES string of the molecule is CN1C(=O)C(CCNc2ncc(C#N)c(NC3CC(C(N)=O)C3(C)C)n2)c2ccccc21. The maximum absolute atomic E-state index is 12.6. The number of fused-ring (bicyclic) bond motifs is 1. The van der Waals surface area contributed by atoms with Crippen LogP contribution in [0.2, 0.25) is 0 Å². The van der Waals surface area contributed by atoms with Crippen molar-refractivity contribution in [3.05, 3.63) is 41.6 Å². The third-order valence-electron chi connectivity index (χ3n) is 6.85. The number of benzene rings is 1. The highest BCUT2D eigenvalue weighted by Crippen LogP contribution is 2.47. The Labute approximate surface area is 187 Å². The van der Waals surface area contributed by atoms with E-state index in [2.05, 4.69) is 26.7 Å². The van der Waals surface area contributed by atoms with Crippen molar-refractivity contribution in [3.8, 4) is 6.07 Å². The van der Waals surface area contributed by atoms with Gasteiger partial charge in [0.05, 0.1) is 12.1 Å². The van der Waals surface area contributed by atoms with E-state index in [0.717, 1.165) is 11.3 Å². The fraction of sp³-hybridized carbons (Fsp3) is 0.435. The van der Waals surface area contributed by atoms with Gasteiger partial charge in [0.1, 0.15) is 17.5 Å². The van der Waals surface area contributed by atoms with Crippen LogP contribution in [0.15, 0.2) is 30.5 Å². The Morgan fingerprint density at radius 1 is 1.38 bits per heavy atom. The van der Waals surface area contributed by atoms with Crippen molar-refractivity contribution in [2.75, 3.05) is 29.1 Å².